The van der Waals surface area contributed by atoms with Crippen molar-refractivity contribution in [2.24, 2.45) is 0 Å². The Kier molecular flexibility index (Phi) is 4.63. The second kappa shape index (κ2) is 5.82. The highest BCUT2D eigenvalue weighted by atomic mass is 127. The highest BCUT2D eigenvalue weighted by Crippen LogP contribution is 2.25. The van der Waals surface area contributed by atoms with Crippen LogP contribution in [0.4, 0.5) is 0 Å². The Balaban J connectivity index is 2.20. The first-order chi connectivity index (χ1) is 8.08. The number of carbonyl (C=O) groups is 1. The smallest absolute Gasteiger partial charge is 0.168 e. The van der Waals surface area contributed by atoms with E-state index in [9.17, 15) is 4.79 Å². The van der Waals surface area contributed by atoms with E-state index in [-0.39, 0.29) is 5.78 Å². The number of carbonyl (C=O) groups excluding carboxylic acids is 1. The van der Waals surface area contributed by atoms with Crippen LogP contribution in [0.3, 0.4) is 0 Å². The molecule has 0 radical (unpaired) electrons. The first-order valence-corrected chi connectivity index (χ1v) is 7.91. The van der Waals surface area contributed by atoms with Crippen molar-refractivity contribution >= 4 is 67.2 Å². The number of hydrogen-bond donors (Lipinski definition) is 0. The zero-order chi connectivity index (χ0) is 12.4. The molecular formula is C12H7BrClIOS. The molecule has 5 heteroatoms. The first kappa shape index (κ1) is 13.5. The summed E-state index contributed by atoms with van der Waals surface area (Å²) in [5.41, 5.74) is 0.663. The summed E-state index contributed by atoms with van der Waals surface area (Å²) in [6, 6.07) is 7.36. The summed E-state index contributed by atoms with van der Waals surface area (Å²) in [5, 5.41) is 2.59. The monoisotopic (exact) mass is 440 g/mol. The van der Waals surface area contributed by atoms with Crippen molar-refractivity contribution in [2.75, 3.05) is 0 Å². The zero-order valence-corrected chi connectivity index (χ0v) is 13.9. The lowest BCUT2D eigenvalue weighted by Gasteiger charge is -2.02. The molecule has 0 atom stereocenters. The summed E-state index contributed by atoms with van der Waals surface area (Å²) in [6.07, 6.45) is 0.412. The van der Waals surface area contributed by atoms with Crippen molar-refractivity contribution < 1.29 is 4.79 Å². The molecule has 0 aliphatic carbocycles. The van der Waals surface area contributed by atoms with E-state index in [0.29, 0.717) is 17.0 Å². The van der Waals surface area contributed by atoms with Gasteiger partial charge in [-0.2, -0.15) is 0 Å². The van der Waals surface area contributed by atoms with E-state index in [2.05, 4.69) is 38.5 Å². The summed E-state index contributed by atoms with van der Waals surface area (Å²) in [6.45, 7) is 0. The maximum atomic E-state index is 12.1. The largest absolute Gasteiger partial charge is 0.294 e. The number of hydrogen-bond acceptors (Lipinski definition) is 2. The van der Waals surface area contributed by atoms with Gasteiger partial charge >= 0.3 is 0 Å². The molecule has 0 aliphatic rings. The average molecular weight is 442 g/mol. The molecule has 0 aliphatic heterocycles. The van der Waals surface area contributed by atoms with Gasteiger partial charge in [-0.05, 0) is 62.1 Å². The molecule has 0 bridgehead atoms. The standard InChI is InChI=1S/C12H7BrClIOS/c13-8-3-4-17-12(8)6-11(16)7-1-2-10(15)9(14)5-7/h1-5H,6H2. The van der Waals surface area contributed by atoms with Crippen LogP contribution in [0.5, 0.6) is 0 Å². The SMILES string of the molecule is O=C(Cc1sccc1Br)c1ccc(I)c(Cl)c1. The maximum absolute atomic E-state index is 12.1. The molecule has 17 heavy (non-hydrogen) atoms. The fraction of sp³-hybridized carbons (Fsp3) is 0.0833. The molecule has 2 rings (SSSR count). The number of thiophene rings is 1. The lowest BCUT2D eigenvalue weighted by atomic mass is 10.1. The predicted octanol–water partition coefficient (Wildman–Crippen LogP) is 5.19. The van der Waals surface area contributed by atoms with Crippen LogP contribution in [0.1, 0.15) is 15.2 Å². The van der Waals surface area contributed by atoms with E-state index in [0.717, 1.165) is 12.9 Å². The highest BCUT2D eigenvalue weighted by Gasteiger charge is 2.11. The minimum atomic E-state index is 0.0893. The van der Waals surface area contributed by atoms with E-state index in [4.69, 9.17) is 11.6 Å². The Labute approximate surface area is 130 Å². The van der Waals surface area contributed by atoms with E-state index < -0.39 is 0 Å². The second-order valence-corrected chi connectivity index (χ2v) is 6.84. The van der Waals surface area contributed by atoms with Gasteiger partial charge in [-0.25, -0.2) is 0 Å². The van der Waals surface area contributed by atoms with Gasteiger partial charge in [0.15, 0.2) is 5.78 Å². The third-order valence-corrected chi connectivity index (χ3v) is 5.75. The minimum Gasteiger partial charge on any atom is -0.294 e. The van der Waals surface area contributed by atoms with Gasteiger partial charge in [0.25, 0.3) is 0 Å². The van der Waals surface area contributed by atoms with Crippen molar-refractivity contribution in [1.82, 2.24) is 0 Å². The summed E-state index contributed by atoms with van der Waals surface area (Å²) in [5.74, 6) is 0.0893. The van der Waals surface area contributed by atoms with Gasteiger partial charge in [0.2, 0.25) is 0 Å². The van der Waals surface area contributed by atoms with Crippen LogP contribution in [-0.4, -0.2) is 5.78 Å². The van der Waals surface area contributed by atoms with E-state index in [1.165, 1.54) is 0 Å². The number of benzene rings is 1. The molecule has 0 unspecified atom stereocenters. The predicted molar refractivity (Wildman–Crippen MR) is 84.2 cm³/mol. The number of Topliss-reactive ketones (excluding diaryl/α,β-unsaturated/α-hetero) is 1. The normalized spacial score (nSPS) is 10.5. The third-order valence-electron chi connectivity index (χ3n) is 2.25. The van der Waals surface area contributed by atoms with Crippen molar-refractivity contribution in [3.8, 4) is 0 Å². The summed E-state index contributed by atoms with van der Waals surface area (Å²) in [4.78, 5) is 13.1. The molecule has 1 heterocycles. The molecule has 0 spiro atoms. The van der Waals surface area contributed by atoms with Gasteiger partial charge in [-0.1, -0.05) is 17.7 Å². The fourth-order valence-corrected chi connectivity index (χ4v) is 3.38. The van der Waals surface area contributed by atoms with Crippen LogP contribution in [0, 0.1) is 3.57 Å². The van der Waals surface area contributed by atoms with Crippen LogP contribution in [0.2, 0.25) is 5.02 Å². The quantitative estimate of drug-likeness (QED) is 0.473. The van der Waals surface area contributed by atoms with Crippen LogP contribution >= 0.6 is 61.5 Å². The number of ketones is 1. The van der Waals surface area contributed by atoms with Gasteiger partial charge in [0, 0.05) is 24.9 Å². The Bertz CT molecular complexity index is 567. The topological polar surface area (TPSA) is 17.1 Å². The molecular weight excluding hydrogens is 434 g/mol. The molecule has 0 fully saturated rings. The van der Waals surface area contributed by atoms with Crippen LogP contribution in [-0.2, 0) is 6.42 Å². The molecule has 0 saturated heterocycles. The van der Waals surface area contributed by atoms with Crippen molar-refractivity contribution in [3.63, 3.8) is 0 Å². The van der Waals surface area contributed by atoms with Gasteiger partial charge in [-0.15, -0.1) is 11.3 Å². The summed E-state index contributed by atoms with van der Waals surface area (Å²) < 4.78 is 1.95. The first-order valence-electron chi connectivity index (χ1n) is 4.78. The van der Waals surface area contributed by atoms with Gasteiger partial charge in [0.1, 0.15) is 0 Å². The van der Waals surface area contributed by atoms with E-state index in [1.807, 2.05) is 23.6 Å². The van der Waals surface area contributed by atoms with Crippen molar-refractivity contribution in [3.05, 3.63) is 53.2 Å². The van der Waals surface area contributed by atoms with Crippen LogP contribution < -0.4 is 0 Å². The Hall–Kier alpha value is 0.0900. The maximum Gasteiger partial charge on any atom is 0.168 e. The van der Waals surface area contributed by atoms with E-state index in [1.54, 1.807) is 17.4 Å². The minimum absolute atomic E-state index is 0.0893. The Morgan fingerprint density at radius 3 is 2.76 bits per heavy atom. The average Bonchev–Trinajstić information content (AvgIpc) is 2.68. The molecule has 0 N–H and O–H groups in total. The third kappa shape index (κ3) is 3.30. The summed E-state index contributed by atoms with van der Waals surface area (Å²) in [7, 11) is 0. The summed E-state index contributed by atoms with van der Waals surface area (Å²) >= 11 is 13.2. The molecule has 0 amide bonds. The number of rotatable bonds is 3. The lowest BCUT2D eigenvalue weighted by Crippen LogP contribution is -2.02. The Morgan fingerprint density at radius 1 is 1.41 bits per heavy atom. The molecule has 1 nitrogen and oxygen atoms in total. The van der Waals surface area contributed by atoms with E-state index >= 15 is 0 Å². The van der Waals surface area contributed by atoms with Gasteiger partial charge in [0.05, 0.1) is 5.02 Å². The fourth-order valence-electron chi connectivity index (χ4n) is 1.37. The number of halogens is 3. The molecule has 1 aromatic heterocycles. The molecule has 2 aromatic rings. The molecule has 1 aromatic carbocycles. The zero-order valence-electron chi connectivity index (χ0n) is 8.54. The van der Waals surface area contributed by atoms with Gasteiger partial charge in [-0.3, -0.25) is 4.79 Å². The van der Waals surface area contributed by atoms with Crippen molar-refractivity contribution in [1.29, 1.82) is 0 Å². The van der Waals surface area contributed by atoms with Crippen molar-refractivity contribution in [2.45, 2.75) is 6.42 Å². The van der Waals surface area contributed by atoms with Crippen LogP contribution in [0.15, 0.2) is 34.1 Å². The lowest BCUT2D eigenvalue weighted by molar-refractivity contribution is 0.0993. The molecule has 88 valence electrons. The Morgan fingerprint density at radius 2 is 2.18 bits per heavy atom. The van der Waals surface area contributed by atoms with Crippen LogP contribution in [0.25, 0.3) is 0 Å². The highest BCUT2D eigenvalue weighted by molar-refractivity contribution is 14.1. The second-order valence-electron chi connectivity index (χ2n) is 3.42. The molecule has 0 saturated carbocycles. The van der Waals surface area contributed by atoms with Gasteiger partial charge < -0.3 is 0 Å².